The van der Waals surface area contributed by atoms with Crippen molar-refractivity contribution < 1.29 is 17.8 Å². The van der Waals surface area contributed by atoms with Crippen LogP contribution in [0.2, 0.25) is 0 Å². The molecule has 20 heavy (non-hydrogen) atoms. The second kappa shape index (κ2) is 13.6. The molecule has 0 aliphatic heterocycles. The standard InChI is InChI=1S/C14H14O.C2H6O2.Ca.2H/c1-3-7-13(8-4-1)11-15-12-14-9-5-2-6-10-14;3-1-2-4;;;/h1-10H,11-12H2;3-4H,1-2H2;;;/q;;+2;2*-1. The molecule has 0 radical (unpaired) electrons. The Balaban J connectivity index is -0.000000466. The van der Waals surface area contributed by atoms with Crippen LogP contribution in [0.25, 0.3) is 0 Å². The van der Waals surface area contributed by atoms with E-state index < -0.39 is 0 Å². The largest absolute Gasteiger partial charge is 2.00 e. The summed E-state index contributed by atoms with van der Waals surface area (Å²) in [5, 5.41) is 15.2. The predicted molar refractivity (Wildman–Crippen MR) is 83.5 cm³/mol. The van der Waals surface area contributed by atoms with E-state index in [0.29, 0.717) is 13.2 Å². The Morgan fingerprint density at radius 1 is 0.700 bits per heavy atom. The van der Waals surface area contributed by atoms with Gasteiger partial charge >= 0.3 is 37.7 Å². The fourth-order valence-electron chi connectivity index (χ4n) is 1.44. The van der Waals surface area contributed by atoms with E-state index in [1.54, 1.807) is 0 Å². The van der Waals surface area contributed by atoms with Crippen LogP contribution in [0.4, 0.5) is 0 Å². The molecule has 0 unspecified atom stereocenters. The monoisotopic (exact) mass is 302 g/mol. The van der Waals surface area contributed by atoms with Crippen molar-refractivity contribution in [1.82, 2.24) is 0 Å². The zero-order valence-corrected chi connectivity index (χ0v) is 13.8. The van der Waals surface area contributed by atoms with Gasteiger partial charge in [-0.1, -0.05) is 60.7 Å². The van der Waals surface area contributed by atoms with Crippen LogP contribution in [-0.2, 0) is 18.0 Å². The maximum absolute atomic E-state index is 7.62. The second-order valence-corrected chi connectivity index (χ2v) is 3.91. The van der Waals surface area contributed by atoms with Gasteiger partial charge in [-0.3, -0.25) is 0 Å². The average Bonchev–Trinajstić information content (AvgIpc) is 2.50. The SMILES string of the molecule is OCCO.[Ca+2].[H-].[H-].c1ccc(COCc2ccccc2)cc1. The Morgan fingerprint density at radius 3 is 1.35 bits per heavy atom. The molecule has 0 atom stereocenters. The van der Waals surface area contributed by atoms with E-state index in [-0.39, 0.29) is 53.8 Å². The molecule has 0 bridgehead atoms. The molecule has 4 heteroatoms. The van der Waals surface area contributed by atoms with Gasteiger partial charge in [0.1, 0.15) is 0 Å². The number of aliphatic hydroxyl groups excluding tert-OH is 2. The third-order valence-corrected chi connectivity index (χ3v) is 2.32. The van der Waals surface area contributed by atoms with Gasteiger partial charge in [0.2, 0.25) is 0 Å². The molecule has 3 nitrogen and oxygen atoms in total. The van der Waals surface area contributed by atoms with E-state index in [9.17, 15) is 0 Å². The Kier molecular flexibility index (Phi) is 13.3. The van der Waals surface area contributed by atoms with Crippen LogP contribution in [0.15, 0.2) is 60.7 Å². The van der Waals surface area contributed by atoms with Gasteiger partial charge < -0.3 is 17.8 Å². The van der Waals surface area contributed by atoms with Crippen molar-refractivity contribution in [1.29, 1.82) is 0 Å². The first-order chi connectivity index (χ1) is 9.36. The summed E-state index contributed by atoms with van der Waals surface area (Å²) in [5.41, 5.74) is 2.43. The number of rotatable bonds is 5. The molecule has 2 aromatic carbocycles. The van der Waals surface area contributed by atoms with Crippen molar-refractivity contribution in [3.8, 4) is 0 Å². The van der Waals surface area contributed by atoms with Crippen LogP contribution in [0, 0.1) is 0 Å². The summed E-state index contributed by atoms with van der Waals surface area (Å²) < 4.78 is 5.61. The molecule has 0 spiro atoms. The van der Waals surface area contributed by atoms with Crippen molar-refractivity contribution in [2.45, 2.75) is 13.2 Å². The van der Waals surface area contributed by atoms with E-state index >= 15 is 0 Å². The summed E-state index contributed by atoms with van der Waals surface area (Å²) in [5.74, 6) is 0. The second-order valence-electron chi connectivity index (χ2n) is 3.91. The molecule has 0 aliphatic rings. The number of ether oxygens (including phenoxy) is 1. The molecule has 0 saturated carbocycles. The van der Waals surface area contributed by atoms with Gasteiger partial charge in [-0.2, -0.15) is 0 Å². The fraction of sp³-hybridized carbons (Fsp3) is 0.250. The van der Waals surface area contributed by atoms with Crippen LogP contribution < -0.4 is 0 Å². The molecule has 0 fully saturated rings. The molecule has 106 valence electrons. The molecular weight excluding hydrogens is 280 g/mol. The molecule has 0 aromatic heterocycles. The maximum atomic E-state index is 7.62. The van der Waals surface area contributed by atoms with E-state index in [1.165, 1.54) is 11.1 Å². The van der Waals surface area contributed by atoms with Gasteiger partial charge in [-0.15, -0.1) is 0 Å². The van der Waals surface area contributed by atoms with E-state index in [4.69, 9.17) is 14.9 Å². The molecule has 0 amide bonds. The van der Waals surface area contributed by atoms with Crippen LogP contribution in [0.3, 0.4) is 0 Å². The van der Waals surface area contributed by atoms with Crippen molar-refractivity contribution in [3.05, 3.63) is 71.8 Å². The van der Waals surface area contributed by atoms with Crippen molar-refractivity contribution in [2.75, 3.05) is 13.2 Å². The van der Waals surface area contributed by atoms with Crippen molar-refractivity contribution in [2.24, 2.45) is 0 Å². The molecule has 2 N–H and O–H groups in total. The quantitative estimate of drug-likeness (QED) is 0.833. The first-order valence-corrected chi connectivity index (χ1v) is 6.24. The topological polar surface area (TPSA) is 49.7 Å². The van der Waals surface area contributed by atoms with E-state index in [0.717, 1.165) is 0 Å². The Hall–Kier alpha value is -0.420. The third-order valence-electron chi connectivity index (χ3n) is 2.32. The van der Waals surface area contributed by atoms with Gasteiger partial charge in [-0.25, -0.2) is 0 Å². The minimum absolute atomic E-state index is 0. The Morgan fingerprint density at radius 2 is 1.05 bits per heavy atom. The average molecular weight is 302 g/mol. The molecule has 2 rings (SSSR count). The first kappa shape index (κ1) is 19.6. The first-order valence-electron chi connectivity index (χ1n) is 6.24. The van der Waals surface area contributed by atoms with Gasteiger partial charge in [0.15, 0.2) is 0 Å². The van der Waals surface area contributed by atoms with Gasteiger partial charge in [0.05, 0.1) is 26.4 Å². The van der Waals surface area contributed by atoms with Crippen LogP contribution in [0.1, 0.15) is 14.0 Å². The molecule has 0 aliphatic carbocycles. The zero-order chi connectivity index (χ0) is 13.8. The summed E-state index contributed by atoms with van der Waals surface area (Å²) >= 11 is 0. The van der Waals surface area contributed by atoms with Crippen LogP contribution in [-0.4, -0.2) is 61.2 Å². The number of aliphatic hydroxyl groups is 2. The Labute approximate surface area is 153 Å². The number of hydrogen-bond donors (Lipinski definition) is 2. The summed E-state index contributed by atoms with van der Waals surface area (Å²) in [6.07, 6.45) is 0. The molecule has 0 heterocycles. The predicted octanol–water partition coefficient (Wildman–Crippen LogP) is 2.22. The number of benzene rings is 2. The van der Waals surface area contributed by atoms with Crippen molar-refractivity contribution >= 4 is 37.7 Å². The zero-order valence-electron chi connectivity index (χ0n) is 13.6. The summed E-state index contributed by atoms with van der Waals surface area (Å²) in [6, 6.07) is 20.4. The maximum Gasteiger partial charge on any atom is 2.00 e. The van der Waals surface area contributed by atoms with Crippen molar-refractivity contribution in [3.63, 3.8) is 0 Å². The van der Waals surface area contributed by atoms with Gasteiger partial charge in [0, 0.05) is 0 Å². The van der Waals surface area contributed by atoms with Gasteiger partial charge in [-0.05, 0) is 11.1 Å². The summed E-state index contributed by atoms with van der Waals surface area (Å²) in [6.45, 7) is 1.10. The van der Waals surface area contributed by atoms with Crippen LogP contribution >= 0.6 is 0 Å². The normalized spacial score (nSPS) is 9.10. The van der Waals surface area contributed by atoms with Crippen LogP contribution in [0.5, 0.6) is 0 Å². The third kappa shape index (κ3) is 9.48. The minimum atomic E-state index is -0.125. The minimum Gasteiger partial charge on any atom is -1.00 e. The molecule has 0 saturated heterocycles. The van der Waals surface area contributed by atoms with E-state index in [2.05, 4.69) is 24.3 Å². The fourth-order valence-corrected chi connectivity index (χ4v) is 1.44. The summed E-state index contributed by atoms with van der Waals surface area (Å²) in [4.78, 5) is 0. The summed E-state index contributed by atoms with van der Waals surface area (Å²) in [7, 11) is 0. The molecule has 2 aromatic rings. The molecular formula is C16H22CaO3. The van der Waals surface area contributed by atoms with E-state index in [1.807, 2.05) is 36.4 Å². The number of hydrogen-bond acceptors (Lipinski definition) is 3. The smallest absolute Gasteiger partial charge is 1.00 e. The van der Waals surface area contributed by atoms with Gasteiger partial charge in [0.25, 0.3) is 0 Å². The Bertz CT molecular complexity index is 388.